The summed E-state index contributed by atoms with van der Waals surface area (Å²) in [7, 11) is 0. The maximum absolute atomic E-state index is 13.3. The number of carbonyl (C=O) groups is 1. The molecule has 2 heterocycles. The van der Waals surface area contributed by atoms with Crippen LogP contribution in [0.1, 0.15) is 49.7 Å². The zero-order valence-corrected chi connectivity index (χ0v) is 21.4. The van der Waals surface area contributed by atoms with Gasteiger partial charge in [0.15, 0.2) is 24.4 Å². The molecule has 1 fully saturated rings. The molecule has 0 bridgehead atoms. The van der Waals surface area contributed by atoms with Gasteiger partial charge in [-0.05, 0) is 62.6 Å². The van der Waals surface area contributed by atoms with Crippen LogP contribution in [0, 0.1) is 12.3 Å². The molecule has 37 heavy (non-hydrogen) atoms. The van der Waals surface area contributed by atoms with E-state index in [1.165, 1.54) is 0 Å². The summed E-state index contributed by atoms with van der Waals surface area (Å²) in [5.41, 5.74) is 8.89. The number of benzene rings is 2. The Balaban J connectivity index is 1.41. The molecule has 2 aromatic carbocycles. The average Bonchev–Trinajstić information content (AvgIpc) is 3.24. The number of hydrogen-bond acceptors (Lipinski definition) is 8. The largest absolute Gasteiger partial charge is 0.519 e. The van der Waals surface area contributed by atoms with Crippen molar-refractivity contribution in [3.05, 3.63) is 82.3 Å². The fraction of sp³-hybridized carbons (Fsp3) is 0.448. The highest BCUT2D eigenvalue weighted by Crippen LogP contribution is 2.29. The van der Waals surface area contributed by atoms with Crippen molar-refractivity contribution in [2.75, 3.05) is 13.2 Å². The van der Waals surface area contributed by atoms with E-state index in [0.29, 0.717) is 19.4 Å². The van der Waals surface area contributed by atoms with Gasteiger partial charge in [-0.3, -0.25) is 4.79 Å². The van der Waals surface area contributed by atoms with Gasteiger partial charge in [0.05, 0.1) is 12.0 Å². The summed E-state index contributed by atoms with van der Waals surface area (Å²) in [6.45, 7) is 3.90. The molecule has 4 rings (SSSR count). The number of ether oxygens (including phenoxy) is 3. The van der Waals surface area contributed by atoms with Crippen molar-refractivity contribution in [2.24, 2.45) is 11.1 Å². The first-order chi connectivity index (χ1) is 17.8. The van der Waals surface area contributed by atoms with Crippen molar-refractivity contribution >= 4 is 5.97 Å². The summed E-state index contributed by atoms with van der Waals surface area (Å²) in [4.78, 5) is 24.6. The second-order valence-electron chi connectivity index (χ2n) is 9.91. The first kappa shape index (κ1) is 26.9. The second kappa shape index (κ2) is 12.4. The van der Waals surface area contributed by atoms with Gasteiger partial charge in [0.25, 0.3) is 0 Å². The molecule has 8 nitrogen and oxygen atoms in total. The molecule has 0 saturated carbocycles. The maximum atomic E-state index is 13.3. The zero-order valence-electron chi connectivity index (χ0n) is 21.4. The molecule has 1 saturated heterocycles. The lowest BCUT2D eigenvalue weighted by Gasteiger charge is -2.32. The van der Waals surface area contributed by atoms with Crippen molar-refractivity contribution in [3.63, 3.8) is 0 Å². The summed E-state index contributed by atoms with van der Waals surface area (Å²) in [5, 5.41) is 0. The highest BCUT2D eigenvalue weighted by Gasteiger charge is 2.38. The van der Waals surface area contributed by atoms with E-state index in [-0.39, 0.29) is 37.1 Å². The van der Waals surface area contributed by atoms with Crippen LogP contribution >= 0.6 is 0 Å². The smallest absolute Gasteiger partial charge is 0.457 e. The number of rotatable bonds is 11. The summed E-state index contributed by atoms with van der Waals surface area (Å²) >= 11 is 0. The van der Waals surface area contributed by atoms with Gasteiger partial charge in [-0.25, -0.2) is 4.79 Å². The second-order valence-corrected chi connectivity index (χ2v) is 9.91. The molecule has 8 heteroatoms. The third-order valence-electron chi connectivity index (χ3n) is 6.66. The Bertz CT molecular complexity index is 1190. The molecule has 2 N–H and O–H groups in total. The molecule has 0 spiro atoms. The topological polar surface area (TPSA) is 114 Å². The van der Waals surface area contributed by atoms with E-state index in [1.807, 2.05) is 18.2 Å². The molecule has 0 radical (unpaired) electrons. The molecular formula is C29H35NO7. The summed E-state index contributed by atoms with van der Waals surface area (Å²) in [6, 6.07) is 18.1. The summed E-state index contributed by atoms with van der Waals surface area (Å²) < 4.78 is 27.0. The summed E-state index contributed by atoms with van der Waals surface area (Å²) in [6.07, 6.45) is 3.38. The number of carbonyl (C=O) groups excluding carboxylic acids is 1. The fourth-order valence-electron chi connectivity index (χ4n) is 4.55. The van der Waals surface area contributed by atoms with E-state index in [9.17, 15) is 9.59 Å². The predicted molar refractivity (Wildman–Crippen MR) is 138 cm³/mol. The Hall–Kier alpha value is -3.20. The Morgan fingerprint density at radius 2 is 1.81 bits per heavy atom. The third kappa shape index (κ3) is 7.41. The molecule has 0 amide bonds. The van der Waals surface area contributed by atoms with Gasteiger partial charge in [-0.2, -0.15) is 0 Å². The molecule has 1 aliphatic heterocycles. The first-order valence-electron chi connectivity index (χ1n) is 12.7. The van der Waals surface area contributed by atoms with Crippen LogP contribution in [-0.2, 0) is 32.0 Å². The Morgan fingerprint density at radius 1 is 1.08 bits per heavy atom. The normalized spacial score (nSPS) is 18.2. The highest BCUT2D eigenvalue weighted by molar-refractivity contribution is 5.76. The van der Waals surface area contributed by atoms with Gasteiger partial charge in [-0.1, -0.05) is 54.6 Å². The van der Waals surface area contributed by atoms with Gasteiger partial charge >= 0.3 is 11.8 Å². The average molecular weight is 510 g/mol. The SMILES string of the molecule is Cc1oc(=O)oc1COC(=O)[C@](C)(COC1CCCCO1)C[C@H](N)Cc1ccc(-c2ccccc2)cc1. The standard InChI is InChI=1S/C29H35NO7/c1-20-25(37-28(32)36-20)18-34-27(31)29(2,19-35-26-10-6-7-15-33-26)17-24(30)16-21-11-13-23(14-12-21)22-8-4-3-5-9-22/h3-5,8-9,11-14,24,26H,6-7,10,15-19,30H2,1-2H3/t24-,26?,29+/m1/s1. The number of nitrogens with two attached hydrogens (primary N) is 1. The van der Waals surface area contributed by atoms with E-state index in [4.69, 9.17) is 28.8 Å². The number of hydrogen-bond donors (Lipinski definition) is 1. The van der Waals surface area contributed by atoms with Crippen LogP contribution in [0.25, 0.3) is 11.1 Å². The Kier molecular flexibility index (Phi) is 8.97. The molecule has 1 aromatic heterocycles. The summed E-state index contributed by atoms with van der Waals surface area (Å²) in [5.74, 6) is -0.854. The minimum absolute atomic E-state index is 0.103. The Morgan fingerprint density at radius 3 is 2.46 bits per heavy atom. The molecule has 198 valence electrons. The van der Waals surface area contributed by atoms with Gasteiger partial charge < -0.3 is 28.8 Å². The maximum Gasteiger partial charge on any atom is 0.519 e. The van der Waals surface area contributed by atoms with Crippen LogP contribution in [0.2, 0.25) is 0 Å². The van der Waals surface area contributed by atoms with Gasteiger partial charge in [0.2, 0.25) is 0 Å². The lowest BCUT2D eigenvalue weighted by atomic mass is 9.82. The number of aryl methyl sites for hydroxylation is 1. The monoisotopic (exact) mass is 509 g/mol. The van der Waals surface area contributed by atoms with Crippen LogP contribution in [0.15, 0.2) is 68.2 Å². The van der Waals surface area contributed by atoms with E-state index in [0.717, 1.165) is 36.0 Å². The minimum atomic E-state index is -1.03. The zero-order chi connectivity index (χ0) is 26.3. The quantitative estimate of drug-likeness (QED) is 0.368. The molecule has 3 atom stereocenters. The molecular weight excluding hydrogens is 474 g/mol. The van der Waals surface area contributed by atoms with Crippen LogP contribution in [0.4, 0.5) is 0 Å². The van der Waals surface area contributed by atoms with Gasteiger partial charge in [0, 0.05) is 12.6 Å². The number of esters is 1. The molecule has 1 unspecified atom stereocenters. The van der Waals surface area contributed by atoms with Crippen molar-refractivity contribution < 1.29 is 27.8 Å². The minimum Gasteiger partial charge on any atom is -0.457 e. The predicted octanol–water partition coefficient (Wildman–Crippen LogP) is 4.76. The lowest BCUT2D eigenvalue weighted by Crippen LogP contribution is -2.42. The lowest BCUT2D eigenvalue weighted by molar-refractivity contribution is -0.191. The van der Waals surface area contributed by atoms with E-state index in [1.54, 1.807) is 13.8 Å². The van der Waals surface area contributed by atoms with Crippen LogP contribution in [0.3, 0.4) is 0 Å². The van der Waals surface area contributed by atoms with Crippen molar-refractivity contribution in [3.8, 4) is 11.1 Å². The van der Waals surface area contributed by atoms with Crippen LogP contribution in [-0.4, -0.2) is 31.5 Å². The molecule has 3 aromatic rings. The van der Waals surface area contributed by atoms with E-state index >= 15 is 0 Å². The van der Waals surface area contributed by atoms with Crippen LogP contribution < -0.4 is 11.6 Å². The first-order valence-corrected chi connectivity index (χ1v) is 12.7. The van der Waals surface area contributed by atoms with Gasteiger partial charge in [0.1, 0.15) is 0 Å². The van der Waals surface area contributed by atoms with E-state index < -0.39 is 17.2 Å². The van der Waals surface area contributed by atoms with Crippen molar-refractivity contribution in [1.29, 1.82) is 0 Å². The highest BCUT2D eigenvalue weighted by atomic mass is 16.7. The fourth-order valence-corrected chi connectivity index (χ4v) is 4.55. The van der Waals surface area contributed by atoms with Crippen molar-refractivity contribution in [1.82, 2.24) is 0 Å². The third-order valence-corrected chi connectivity index (χ3v) is 6.66. The molecule has 1 aliphatic rings. The molecule has 0 aliphatic carbocycles. The van der Waals surface area contributed by atoms with Crippen LogP contribution in [0.5, 0.6) is 0 Å². The van der Waals surface area contributed by atoms with Gasteiger partial charge in [-0.15, -0.1) is 0 Å². The Labute approximate surface area is 216 Å². The van der Waals surface area contributed by atoms with Crippen molar-refractivity contribution in [2.45, 2.75) is 64.9 Å². The van der Waals surface area contributed by atoms with E-state index in [2.05, 4.69) is 36.4 Å².